The van der Waals surface area contributed by atoms with Crippen LogP contribution < -0.4 is 0 Å². The first-order valence-electron chi connectivity index (χ1n) is 8.33. The van der Waals surface area contributed by atoms with Gasteiger partial charge in [-0.2, -0.15) is 0 Å². The summed E-state index contributed by atoms with van der Waals surface area (Å²) in [5.74, 6) is 1.72. The molecule has 0 nitrogen and oxygen atoms in total. The third-order valence-electron chi connectivity index (χ3n) is 1.32. The van der Waals surface area contributed by atoms with Gasteiger partial charge in [-0.25, -0.2) is 0 Å². The van der Waals surface area contributed by atoms with E-state index in [9.17, 15) is 0 Å². The van der Waals surface area contributed by atoms with E-state index in [1.807, 2.05) is 13.8 Å². The van der Waals surface area contributed by atoms with Crippen molar-refractivity contribution in [2.24, 2.45) is 11.8 Å². The Morgan fingerprint density at radius 3 is 0.722 bits per heavy atom. The van der Waals surface area contributed by atoms with Gasteiger partial charge in [0, 0.05) is 0 Å². The second-order valence-electron chi connectivity index (χ2n) is 5.24. The number of unbranched alkanes of at least 4 members (excludes halogenated alkanes) is 1. The molecule has 0 saturated heterocycles. The van der Waals surface area contributed by atoms with E-state index in [1.54, 1.807) is 0 Å². The molecule has 0 heterocycles. The van der Waals surface area contributed by atoms with E-state index in [1.165, 1.54) is 25.7 Å². The largest absolute Gasteiger partial charge is 0.0683 e. The second kappa shape index (κ2) is 43.5. The van der Waals surface area contributed by atoms with Gasteiger partial charge in [-0.15, -0.1) is 0 Å². The van der Waals surface area contributed by atoms with Gasteiger partial charge in [0.1, 0.15) is 0 Å². The standard InChI is InChI=1S/C5H12.2C4H10.C3H8.C2H6/c1-4-5(2)3;1-4(2)3;1-3-4-2;1-3-2;1-2/h5H,4H2,1-3H3;4H,1-3H3;3-4H2,1-2H3;3H2,1-2H3;1-2H3. The van der Waals surface area contributed by atoms with Crippen LogP contribution in [0.4, 0.5) is 0 Å². The summed E-state index contributed by atoms with van der Waals surface area (Å²) >= 11 is 0. The molecular weight excluding hydrogens is 216 g/mol. The minimum Gasteiger partial charge on any atom is -0.0683 e. The average molecular weight is 263 g/mol. The van der Waals surface area contributed by atoms with Crippen LogP contribution in [0, 0.1) is 11.8 Å². The summed E-state index contributed by atoms with van der Waals surface area (Å²) < 4.78 is 0. The van der Waals surface area contributed by atoms with Gasteiger partial charge in [0.05, 0.1) is 0 Å². The normalized spacial score (nSPS) is 7.67. The molecule has 0 spiro atoms. The number of hydrogen-bond donors (Lipinski definition) is 0. The van der Waals surface area contributed by atoms with Crippen LogP contribution in [0.1, 0.15) is 109 Å². The van der Waals surface area contributed by atoms with E-state index in [4.69, 9.17) is 0 Å². The van der Waals surface area contributed by atoms with E-state index in [0.29, 0.717) is 0 Å². The van der Waals surface area contributed by atoms with E-state index >= 15 is 0 Å². The molecule has 0 fully saturated rings. The Hall–Kier alpha value is 0. The predicted octanol–water partition coefficient (Wildman–Crippen LogP) is 7.96. The van der Waals surface area contributed by atoms with Crippen LogP contribution >= 0.6 is 0 Å². The van der Waals surface area contributed by atoms with E-state index in [2.05, 4.69) is 69.2 Å². The highest BCUT2D eigenvalue weighted by Crippen LogP contribution is 1.93. The van der Waals surface area contributed by atoms with E-state index in [0.717, 1.165) is 11.8 Å². The van der Waals surface area contributed by atoms with Crippen molar-refractivity contribution in [1.29, 1.82) is 0 Å². The fraction of sp³-hybridized carbons (Fsp3) is 1.00. The van der Waals surface area contributed by atoms with Crippen LogP contribution in [0.2, 0.25) is 0 Å². The summed E-state index contributed by atoms with van der Waals surface area (Å²) in [6, 6.07) is 0. The Bertz CT molecular complexity index is 57.7. The van der Waals surface area contributed by atoms with Gasteiger partial charge in [-0.3, -0.25) is 0 Å². The Morgan fingerprint density at radius 1 is 0.611 bits per heavy atom. The summed E-state index contributed by atoms with van der Waals surface area (Å²) in [6.07, 6.45) is 5.19. The van der Waals surface area contributed by atoms with Gasteiger partial charge < -0.3 is 0 Å². The molecule has 0 rings (SSSR count). The van der Waals surface area contributed by atoms with Gasteiger partial charge in [0.15, 0.2) is 0 Å². The molecule has 0 atom stereocenters. The Labute approximate surface area is 121 Å². The molecule has 0 radical (unpaired) electrons. The predicted molar refractivity (Wildman–Crippen MR) is 93.5 cm³/mol. The third-order valence-corrected chi connectivity index (χ3v) is 1.32. The van der Waals surface area contributed by atoms with Crippen LogP contribution in [-0.2, 0) is 0 Å². The van der Waals surface area contributed by atoms with Gasteiger partial charge in [-0.1, -0.05) is 109 Å². The molecular formula is C18H46. The highest BCUT2D eigenvalue weighted by molar-refractivity contribution is 4.32. The maximum Gasteiger partial charge on any atom is -0.0474 e. The maximum atomic E-state index is 2.22. The van der Waals surface area contributed by atoms with Gasteiger partial charge in [0.25, 0.3) is 0 Å². The summed E-state index contributed by atoms with van der Waals surface area (Å²) in [7, 11) is 0. The first-order valence-corrected chi connectivity index (χ1v) is 8.33. The molecule has 0 aliphatic rings. The van der Waals surface area contributed by atoms with Crippen LogP contribution in [-0.4, -0.2) is 0 Å². The zero-order chi connectivity index (χ0) is 16.0. The lowest BCUT2D eigenvalue weighted by atomic mass is 10.2. The van der Waals surface area contributed by atoms with Crippen molar-refractivity contribution in [3.05, 3.63) is 0 Å². The zero-order valence-electron chi connectivity index (χ0n) is 16.0. The molecule has 0 amide bonds. The van der Waals surface area contributed by atoms with Crippen molar-refractivity contribution in [3.8, 4) is 0 Å². The molecule has 0 unspecified atom stereocenters. The van der Waals surface area contributed by atoms with Crippen LogP contribution in [0.3, 0.4) is 0 Å². The lowest BCUT2D eigenvalue weighted by Gasteiger charge is -1.90. The monoisotopic (exact) mass is 262 g/mol. The first-order chi connectivity index (χ1) is 8.33. The average Bonchev–Trinajstić information content (AvgIpc) is 2.32. The lowest BCUT2D eigenvalue weighted by Crippen LogP contribution is -1.77. The number of hydrogen-bond acceptors (Lipinski definition) is 0. The molecule has 0 N–H and O–H groups in total. The van der Waals surface area contributed by atoms with Crippen molar-refractivity contribution in [3.63, 3.8) is 0 Å². The Morgan fingerprint density at radius 2 is 0.722 bits per heavy atom. The van der Waals surface area contributed by atoms with Crippen LogP contribution in [0.5, 0.6) is 0 Å². The van der Waals surface area contributed by atoms with Crippen molar-refractivity contribution < 1.29 is 0 Å². The van der Waals surface area contributed by atoms with Gasteiger partial charge in [-0.05, 0) is 11.8 Å². The van der Waals surface area contributed by atoms with Crippen LogP contribution in [0.25, 0.3) is 0 Å². The minimum atomic E-state index is 0.833. The minimum absolute atomic E-state index is 0.833. The van der Waals surface area contributed by atoms with Crippen molar-refractivity contribution in [2.75, 3.05) is 0 Å². The lowest BCUT2D eigenvalue weighted by molar-refractivity contribution is 0.626. The van der Waals surface area contributed by atoms with Gasteiger partial charge in [0.2, 0.25) is 0 Å². The molecule has 0 heteroatoms. The number of rotatable bonds is 2. The third kappa shape index (κ3) is 400. The molecule has 0 aliphatic heterocycles. The quantitative estimate of drug-likeness (QED) is 0.473. The van der Waals surface area contributed by atoms with E-state index < -0.39 is 0 Å². The SMILES string of the molecule is CC.CC(C)C.CCC.CCC(C)C.CCCC. The fourth-order valence-corrected chi connectivity index (χ4v) is 0. The zero-order valence-corrected chi connectivity index (χ0v) is 16.0. The van der Waals surface area contributed by atoms with Gasteiger partial charge >= 0.3 is 0 Å². The fourth-order valence-electron chi connectivity index (χ4n) is 0. The maximum absolute atomic E-state index is 2.22. The molecule has 118 valence electrons. The van der Waals surface area contributed by atoms with Crippen molar-refractivity contribution in [2.45, 2.75) is 109 Å². The van der Waals surface area contributed by atoms with Crippen molar-refractivity contribution in [1.82, 2.24) is 0 Å². The Kier molecular flexibility index (Phi) is 74.4. The summed E-state index contributed by atoms with van der Waals surface area (Å²) in [4.78, 5) is 0. The highest BCUT2D eigenvalue weighted by atomic mass is 13.9. The molecule has 0 aliphatic carbocycles. The molecule has 0 aromatic carbocycles. The molecule has 0 bridgehead atoms. The summed E-state index contributed by atoms with van der Waals surface area (Å²) in [5, 5.41) is 0. The molecule has 0 saturated carbocycles. The highest BCUT2D eigenvalue weighted by Gasteiger charge is 1.80. The topological polar surface area (TPSA) is 0 Å². The molecule has 0 aromatic heterocycles. The smallest absolute Gasteiger partial charge is 0.0474 e. The van der Waals surface area contributed by atoms with E-state index in [-0.39, 0.29) is 0 Å². The van der Waals surface area contributed by atoms with Crippen LogP contribution in [0.15, 0.2) is 0 Å². The Balaban J connectivity index is -0.0000000404. The first kappa shape index (κ1) is 30.8. The molecule has 0 aromatic rings. The second-order valence-corrected chi connectivity index (χ2v) is 5.24. The summed E-state index contributed by atoms with van der Waals surface area (Å²) in [6.45, 7) is 25.8. The van der Waals surface area contributed by atoms with Crippen molar-refractivity contribution >= 4 is 0 Å². The molecule has 18 heavy (non-hydrogen) atoms. The summed E-state index contributed by atoms with van der Waals surface area (Å²) in [5.41, 5.74) is 0.